The van der Waals surface area contributed by atoms with Crippen LogP contribution in [0.3, 0.4) is 0 Å². The normalized spacial score (nSPS) is 12.8. The first-order valence-corrected chi connectivity index (χ1v) is 31.8. The van der Waals surface area contributed by atoms with Gasteiger partial charge in [-0.05, 0) is 57.8 Å². The Hall–Kier alpha value is -1.92. The number of nitrogens with one attached hydrogen (secondary N) is 1. The van der Waals surface area contributed by atoms with Crippen molar-refractivity contribution < 1.29 is 24.5 Å². The van der Waals surface area contributed by atoms with Gasteiger partial charge in [-0.15, -0.1) is 0 Å². The Kier molecular flexibility index (Phi) is 59.0. The van der Waals surface area contributed by atoms with Gasteiger partial charge in [0.05, 0.1) is 25.4 Å². The van der Waals surface area contributed by atoms with Crippen molar-refractivity contribution in [1.82, 2.24) is 5.32 Å². The summed E-state index contributed by atoms with van der Waals surface area (Å²) in [5.41, 5.74) is 0. The average Bonchev–Trinajstić information content (AvgIpc) is 3.37. The number of ether oxygens (including phenoxy) is 1. The van der Waals surface area contributed by atoms with Gasteiger partial charge in [0.1, 0.15) is 0 Å². The molecule has 418 valence electrons. The van der Waals surface area contributed by atoms with Crippen LogP contribution in [-0.2, 0) is 14.3 Å². The first-order valence-electron chi connectivity index (χ1n) is 31.8. The van der Waals surface area contributed by atoms with Crippen molar-refractivity contribution in [2.24, 2.45) is 0 Å². The summed E-state index contributed by atoms with van der Waals surface area (Å²) in [7, 11) is 0. The molecule has 0 bridgehead atoms. The number of allylic oxidation sites excluding steroid dienone is 5. The Morgan fingerprint density at radius 1 is 0.394 bits per heavy atom. The van der Waals surface area contributed by atoms with Gasteiger partial charge in [-0.2, -0.15) is 0 Å². The lowest BCUT2D eigenvalue weighted by molar-refractivity contribution is -0.143. The van der Waals surface area contributed by atoms with E-state index >= 15 is 0 Å². The van der Waals surface area contributed by atoms with Crippen molar-refractivity contribution in [2.45, 2.75) is 353 Å². The largest absolute Gasteiger partial charge is 0.466 e. The second-order valence-electron chi connectivity index (χ2n) is 21.7. The quantitative estimate of drug-likeness (QED) is 0.0321. The molecule has 6 nitrogen and oxygen atoms in total. The Labute approximate surface area is 443 Å². The van der Waals surface area contributed by atoms with E-state index in [4.69, 9.17) is 4.74 Å². The van der Waals surface area contributed by atoms with Crippen LogP contribution in [0.5, 0.6) is 0 Å². The molecule has 0 rings (SSSR count). The highest BCUT2D eigenvalue weighted by molar-refractivity contribution is 5.76. The molecule has 2 atom stereocenters. The van der Waals surface area contributed by atoms with Crippen LogP contribution in [0.25, 0.3) is 0 Å². The molecule has 0 aromatic heterocycles. The van der Waals surface area contributed by atoms with Gasteiger partial charge in [-0.3, -0.25) is 9.59 Å². The number of carbonyl (C=O) groups is 2. The highest BCUT2D eigenvalue weighted by Crippen LogP contribution is 2.18. The molecule has 2 unspecified atom stereocenters. The number of esters is 1. The molecule has 0 radical (unpaired) electrons. The van der Waals surface area contributed by atoms with E-state index in [1.54, 1.807) is 6.08 Å². The summed E-state index contributed by atoms with van der Waals surface area (Å²) in [6, 6.07) is -0.624. The van der Waals surface area contributed by atoms with Gasteiger partial charge in [0.2, 0.25) is 5.91 Å². The Balaban J connectivity index is 3.35. The highest BCUT2D eigenvalue weighted by Gasteiger charge is 2.18. The molecule has 0 saturated carbocycles. The zero-order valence-electron chi connectivity index (χ0n) is 47.7. The Morgan fingerprint density at radius 3 is 1.11 bits per heavy atom. The Morgan fingerprint density at radius 2 is 0.718 bits per heavy atom. The minimum Gasteiger partial charge on any atom is -0.466 e. The van der Waals surface area contributed by atoms with Crippen molar-refractivity contribution in [1.29, 1.82) is 0 Å². The molecule has 3 N–H and O–H groups in total. The predicted octanol–water partition coefficient (Wildman–Crippen LogP) is 20.0. The third-order valence-corrected chi connectivity index (χ3v) is 14.7. The van der Waals surface area contributed by atoms with Crippen molar-refractivity contribution in [2.75, 3.05) is 13.2 Å². The monoisotopic (exact) mass is 998 g/mol. The van der Waals surface area contributed by atoms with Crippen LogP contribution in [0, 0.1) is 0 Å². The van der Waals surface area contributed by atoms with Gasteiger partial charge >= 0.3 is 5.97 Å². The second-order valence-corrected chi connectivity index (χ2v) is 21.7. The van der Waals surface area contributed by atoms with Gasteiger partial charge in [0, 0.05) is 12.8 Å². The van der Waals surface area contributed by atoms with E-state index in [1.807, 2.05) is 6.08 Å². The van der Waals surface area contributed by atoms with Gasteiger partial charge < -0.3 is 20.3 Å². The SMILES string of the molecule is CCCC/C=C\C/C=C\CCCCCCCC(=O)OCCCCCCCCCCCCCCCCCCCCCCCCCCCCCCC(=O)NC(CO)C(O)/C=C/CCCCCCCCCCCC. The van der Waals surface area contributed by atoms with Crippen LogP contribution < -0.4 is 5.32 Å². The first-order chi connectivity index (χ1) is 35.0. The zero-order valence-corrected chi connectivity index (χ0v) is 47.7. The topological polar surface area (TPSA) is 95.9 Å². The fourth-order valence-corrected chi connectivity index (χ4v) is 9.77. The number of hydrogen-bond acceptors (Lipinski definition) is 5. The summed E-state index contributed by atoms with van der Waals surface area (Å²) in [5, 5.41) is 23.1. The van der Waals surface area contributed by atoms with E-state index in [-0.39, 0.29) is 18.5 Å². The summed E-state index contributed by atoms with van der Waals surface area (Å²) in [4.78, 5) is 24.5. The van der Waals surface area contributed by atoms with E-state index in [0.717, 1.165) is 51.4 Å². The molecule has 0 heterocycles. The van der Waals surface area contributed by atoms with Crippen LogP contribution in [0.1, 0.15) is 341 Å². The summed E-state index contributed by atoms with van der Waals surface area (Å²) in [6.07, 6.45) is 76.3. The molecule has 0 aliphatic heterocycles. The second kappa shape index (κ2) is 60.6. The molecule has 0 aliphatic rings. The standard InChI is InChI=1S/C65H123NO5/c1-3-5-7-9-11-13-15-17-35-39-43-47-51-55-59-65(70)71-60-56-52-48-44-40-36-33-31-29-27-25-23-21-19-18-20-22-24-26-28-30-32-34-38-42-46-50-54-58-64(69)66-62(61-67)63(68)57-53-49-45-41-37-16-14-12-10-8-6-4-2/h9,11,15,17,53,57,62-63,67-68H,3-8,10,12-14,16,18-52,54-56,58-61H2,1-2H3,(H,66,69)/b11-9-,17-15-,57-53+. The maximum Gasteiger partial charge on any atom is 0.305 e. The van der Waals surface area contributed by atoms with E-state index in [9.17, 15) is 19.8 Å². The van der Waals surface area contributed by atoms with E-state index < -0.39 is 12.1 Å². The zero-order chi connectivity index (χ0) is 51.4. The molecule has 0 fully saturated rings. The lowest BCUT2D eigenvalue weighted by atomic mass is 10.0. The number of unbranched alkanes of at least 4 members (excludes halogenated alkanes) is 44. The molecule has 0 aliphatic carbocycles. The molecular formula is C65H123NO5. The minimum atomic E-state index is -0.841. The van der Waals surface area contributed by atoms with Gasteiger partial charge in [-0.25, -0.2) is 0 Å². The summed E-state index contributed by atoms with van der Waals surface area (Å²) in [6.45, 7) is 4.86. The number of aliphatic hydroxyl groups excluding tert-OH is 2. The van der Waals surface area contributed by atoms with Gasteiger partial charge in [-0.1, -0.05) is 307 Å². The fraction of sp³-hybridized carbons (Fsp3) is 0.877. The molecule has 0 saturated heterocycles. The summed E-state index contributed by atoms with van der Waals surface area (Å²) >= 11 is 0. The average molecular weight is 999 g/mol. The predicted molar refractivity (Wildman–Crippen MR) is 310 cm³/mol. The van der Waals surface area contributed by atoms with Crippen LogP contribution >= 0.6 is 0 Å². The number of hydrogen-bond donors (Lipinski definition) is 3. The molecule has 71 heavy (non-hydrogen) atoms. The smallest absolute Gasteiger partial charge is 0.305 e. The van der Waals surface area contributed by atoms with Gasteiger partial charge in [0.25, 0.3) is 0 Å². The lowest BCUT2D eigenvalue weighted by Crippen LogP contribution is -2.45. The maximum atomic E-state index is 12.4. The van der Waals surface area contributed by atoms with E-state index in [0.29, 0.717) is 19.4 Å². The third kappa shape index (κ3) is 57.2. The fourth-order valence-electron chi connectivity index (χ4n) is 9.77. The van der Waals surface area contributed by atoms with Crippen molar-refractivity contribution in [3.05, 3.63) is 36.5 Å². The first kappa shape index (κ1) is 69.1. The van der Waals surface area contributed by atoms with Gasteiger partial charge in [0.15, 0.2) is 0 Å². The number of aliphatic hydroxyl groups is 2. The Bertz CT molecular complexity index is 1150. The summed E-state index contributed by atoms with van der Waals surface area (Å²) < 4.78 is 5.48. The van der Waals surface area contributed by atoms with Crippen molar-refractivity contribution in [3.8, 4) is 0 Å². The number of carbonyl (C=O) groups excluding carboxylic acids is 2. The molecule has 1 amide bonds. The third-order valence-electron chi connectivity index (χ3n) is 14.7. The van der Waals surface area contributed by atoms with Crippen LogP contribution in [0.4, 0.5) is 0 Å². The molecule has 0 aromatic rings. The van der Waals surface area contributed by atoms with Crippen LogP contribution in [0.2, 0.25) is 0 Å². The van der Waals surface area contributed by atoms with E-state index in [1.165, 1.54) is 263 Å². The minimum absolute atomic E-state index is 0.00368. The highest BCUT2D eigenvalue weighted by atomic mass is 16.5. The molecule has 6 heteroatoms. The molecule has 0 spiro atoms. The van der Waals surface area contributed by atoms with Crippen molar-refractivity contribution in [3.63, 3.8) is 0 Å². The van der Waals surface area contributed by atoms with E-state index in [2.05, 4.69) is 43.5 Å². The molecular weight excluding hydrogens is 875 g/mol. The maximum absolute atomic E-state index is 12.4. The molecule has 0 aromatic carbocycles. The summed E-state index contributed by atoms with van der Waals surface area (Å²) in [5.74, 6) is -0.0611. The number of rotatable bonds is 59. The van der Waals surface area contributed by atoms with Crippen molar-refractivity contribution >= 4 is 11.9 Å². The lowest BCUT2D eigenvalue weighted by Gasteiger charge is -2.20. The van der Waals surface area contributed by atoms with Crippen LogP contribution in [-0.4, -0.2) is 47.4 Å². The van der Waals surface area contributed by atoms with Crippen LogP contribution in [0.15, 0.2) is 36.5 Å². The number of amides is 1.